The minimum absolute atomic E-state index is 0.0753. The predicted octanol–water partition coefficient (Wildman–Crippen LogP) is 2.53. The van der Waals surface area contributed by atoms with E-state index in [9.17, 15) is 9.59 Å². The van der Waals surface area contributed by atoms with Crippen LogP contribution in [0.2, 0.25) is 0 Å². The number of furan rings is 1. The molecule has 0 radical (unpaired) electrons. The van der Waals surface area contributed by atoms with Gasteiger partial charge in [0.25, 0.3) is 0 Å². The quantitative estimate of drug-likeness (QED) is 0.443. The van der Waals surface area contributed by atoms with Gasteiger partial charge in [0.1, 0.15) is 0 Å². The van der Waals surface area contributed by atoms with Gasteiger partial charge < -0.3 is 9.15 Å². The molecule has 1 aliphatic rings. The molecule has 17 heavy (non-hydrogen) atoms. The number of methoxy groups -OCH3 is 1. The normalized spacial score (nSPS) is 16.5. The molecule has 0 spiro atoms. The van der Waals surface area contributed by atoms with Gasteiger partial charge in [-0.15, -0.1) is 0 Å². The summed E-state index contributed by atoms with van der Waals surface area (Å²) in [5, 5.41) is 0.725. The first-order valence-electron chi connectivity index (χ1n) is 5.42. The molecule has 0 amide bonds. The third-order valence-corrected chi connectivity index (χ3v) is 4.20. The topological polar surface area (TPSA) is 56.5 Å². The van der Waals surface area contributed by atoms with Crippen molar-refractivity contribution < 1.29 is 18.7 Å². The highest BCUT2D eigenvalue weighted by molar-refractivity contribution is 7.99. The van der Waals surface area contributed by atoms with Gasteiger partial charge in [0, 0.05) is 5.75 Å². The van der Waals surface area contributed by atoms with E-state index in [1.165, 1.54) is 7.11 Å². The van der Waals surface area contributed by atoms with Gasteiger partial charge in [0.15, 0.2) is 17.1 Å². The van der Waals surface area contributed by atoms with Crippen LogP contribution in [0.25, 0.3) is 0 Å². The molecule has 0 unspecified atom stereocenters. The third-order valence-electron chi connectivity index (χ3n) is 2.94. The monoisotopic (exact) mass is 254 g/mol. The summed E-state index contributed by atoms with van der Waals surface area (Å²) < 4.78 is 9.95. The number of hydrogen-bond donors (Lipinski definition) is 0. The second-order valence-corrected chi connectivity index (χ2v) is 5.30. The fourth-order valence-corrected chi connectivity index (χ4v) is 2.79. The van der Waals surface area contributed by atoms with E-state index in [4.69, 9.17) is 4.42 Å². The van der Waals surface area contributed by atoms with Crippen LogP contribution in [0.5, 0.6) is 0 Å². The summed E-state index contributed by atoms with van der Waals surface area (Å²) in [6, 6.07) is 3.43. The number of carbonyl (C=O) groups is 2. The lowest BCUT2D eigenvalue weighted by molar-refractivity contribution is -0.141. The van der Waals surface area contributed by atoms with Gasteiger partial charge in [-0.25, -0.2) is 0 Å². The van der Waals surface area contributed by atoms with Gasteiger partial charge in [-0.2, -0.15) is 0 Å². The molecule has 0 saturated heterocycles. The Labute approximate surface area is 104 Å². The highest BCUT2D eigenvalue weighted by Crippen LogP contribution is 2.52. The van der Waals surface area contributed by atoms with Crippen LogP contribution in [0.4, 0.5) is 0 Å². The van der Waals surface area contributed by atoms with Crippen molar-refractivity contribution in [3.05, 3.63) is 17.9 Å². The Morgan fingerprint density at radius 2 is 2.35 bits per heavy atom. The molecule has 1 heterocycles. The van der Waals surface area contributed by atoms with E-state index in [1.54, 1.807) is 23.9 Å². The van der Waals surface area contributed by atoms with E-state index in [2.05, 4.69) is 4.74 Å². The fraction of sp³-hybridized carbons (Fsp3) is 0.500. The van der Waals surface area contributed by atoms with Crippen LogP contribution in [0.3, 0.4) is 0 Å². The smallest absolute Gasteiger partial charge is 0.306 e. The van der Waals surface area contributed by atoms with Crippen molar-refractivity contribution in [2.75, 3.05) is 12.9 Å². The molecule has 0 aromatic carbocycles. The Bertz CT molecular complexity index is 420. The molecule has 5 heteroatoms. The molecule has 1 fully saturated rings. The maximum absolute atomic E-state index is 11.2. The molecule has 0 bridgehead atoms. The molecule has 0 atom stereocenters. The average molecular weight is 254 g/mol. The summed E-state index contributed by atoms with van der Waals surface area (Å²) in [4.78, 5) is 21.7. The second kappa shape index (κ2) is 4.96. The fourth-order valence-electron chi connectivity index (χ4n) is 1.63. The molecule has 2 rings (SSSR count). The van der Waals surface area contributed by atoms with Gasteiger partial charge in [-0.05, 0) is 30.4 Å². The number of ether oxygens (including phenoxy) is 1. The Morgan fingerprint density at radius 1 is 1.59 bits per heavy atom. The van der Waals surface area contributed by atoms with E-state index < -0.39 is 0 Å². The Balaban J connectivity index is 1.85. The molecule has 1 aromatic heterocycles. The number of hydrogen-bond acceptors (Lipinski definition) is 5. The van der Waals surface area contributed by atoms with E-state index >= 15 is 0 Å². The maximum atomic E-state index is 11.2. The standard InChI is InChI=1S/C12H14O4S/c1-15-10(14)6-12(4-5-12)8-17-11-3-2-9(7-13)16-11/h2-3,7H,4-6,8H2,1H3. The lowest BCUT2D eigenvalue weighted by Crippen LogP contribution is -2.12. The van der Waals surface area contributed by atoms with Crippen LogP contribution >= 0.6 is 11.8 Å². The molecule has 4 nitrogen and oxygen atoms in total. The van der Waals surface area contributed by atoms with Crippen molar-refractivity contribution in [1.82, 2.24) is 0 Å². The lowest BCUT2D eigenvalue weighted by Gasteiger charge is -2.11. The molecular weight excluding hydrogens is 240 g/mol. The SMILES string of the molecule is COC(=O)CC1(CSc2ccc(C=O)o2)CC1. The van der Waals surface area contributed by atoms with Crippen molar-refractivity contribution >= 4 is 24.0 Å². The van der Waals surface area contributed by atoms with Crippen LogP contribution in [-0.2, 0) is 9.53 Å². The molecule has 0 N–H and O–H groups in total. The molecule has 1 aromatic rings. The van der Waals surface area contributed by atoms with Crippen LogP contribution in [0, 0.1) is 5.41 Å². The first-order chi connectivity index (χ1) is 8.17. The van der Waals surface area contributed by atoms with Crippen molar-refractivity contribution in [2.24, 2.45) is 5.41 Å². The van der Waals surface area contributed by atoms with Gasteiger partial charge in [-0.3, -0.25) is 9.59 Å². The van der Waals surface area contributed by atoms with Gasteiger partial charge >= 0.3 is 5.97 Å². The predicted molar refractivity (Wildman–Crippen MR) is 63.1 cm³/mol. The largest absolute Gasteiger partial charge is 0.469 e. The zero-order valence-corrected chi connectivity index (χ0v) is 10.4. The van der Waals surface area contributed by atoms with E-state index in [0.717, 1.165) is 23.7 Å². The first-order valence-corrected chi connectivity index (χ1v) is 6.41. The van der Waals surface area contributed by atoms with Crippen LogP contribution < -0.4 is 0 Å². The summed E-state index contributed by atoms with van der Waals surface area (Å²) in [6.07, 6.45) is 3.26. The van der Waals surface area contributed by atoms with E-state index in [0.29, 0.717) is 18.5 Å². The number of thioether (sulfide) groups is 1. The Kier molecular flexibility index (Phi) is 3.57. The molecule has 1 saturated carbocycles. The molecule has 1 aliphatic carbocycles. The summed E-state index contributed by atoms with van der Waals surface area (Å²) in [7, 11) is 1.41. The average Bonchev–Trinajstić information content (AvgIpc) is 2.94. The Hall–Kier alpha value is -1.23. The summed E-state index contributed by atoms with van der Waals surface area (Å²) in [6.45, 7) is 0. The second-order valence-electron chi connectivity index (χ2n) is 4.32. The van der Waals surface area contributed by atoms with Crippen LogP contribution in [0.1, 0.15) is 29.8 Å². The third kappa shape index (κ3) is 3.12. The summed E-state index contributed by atoms with van der Waals surface area (Å²) in [5.41, 5.74) is 0.0753. The lowest BCUT2D eigenvalue weighted by atomic mass is 10.1. The van der Waals surface area contributed by atoms with Crippen molar-refractivity contribution in [3.63, 3.8) is 0 Å². The van der Waals surface area contributed by atoms with Gasteiger partial charge in [-0.1, -0.05) is 11.8 Å². The molecule has 0 aliphatic heterocycles. The van der Waals surface area contributed by atoms with E-state index in [1.807, 2.05) is 0 Å². The van der Waals surface area contributed by atoms with E-state index in [-0.39, 0.29) is 11.4 Å². The van der Waals surface area contributed by atoms with Crippen LogP contribution in [-0.4, -0.2) is 25.1 Å². The number of carbonyl (C=O) groups excluding carboxylic acids is 2. The summed E-state index contributed by atoms with van der Waals surface area (Å²) >= 11 is 1.55. The van der Waals surface area contributed by atoms with Gasteiger partial charge in [0.05, 0.1) is 13.5 Å². The minimum atomic E-state index is -0.156. The Morgan fingerprint density at radius 3 is 2.88 bits per heavy atom. The number of esters is 1. The minimum Gasteiger partial charge on any atom is -0.469 e. The number of rotatable bonds is 6. The van der Waals surface area contributed by atoms with Crippen LogP contribution in [0.15, 0.2) is 21.6 Å². The zero-order chi connectivity index (χ0) is 12.3. The number of aldehydes is 1. The zero-order valence-electron chi connectivity index (χ0n) is 9.60. The van der Waals surface area contributed by atoms with Crippen molar-refractivity contribution in [1.29, 1.82) is 0 Å². The molecule has 92 valence electrons. The summed E-state index contributed by atoms with van der Waals surface area (Å²) in [5.74, 6) is 1.01. The first kappa shape index (κ1) is 12.2. The highest BCUT2D eigenvalue weighted by Gasteiger charge is 2.44. The highest BCUT2D eigenvalue weighted by atomic mass is 32.2. The van der Waals surface area contributed by atoms with Crippen molar-refractivity contribution in [2.45, 2.75) is 24.4 Å². The molecular formula is C12H14O4S. The van der Waals surface area contributed by atoms with Gasteiger partial charge in [0.2, 0.25) is 0 Å². The van der Waals surface area contributed by atoms with Crippen molar-refractivity contribution in [3.8, 4) is 0 Å². The maximum Gasteiger partial charge on any atom is 0.306 e.